The molecule has 0 saturated carbocycles. The molecule has 5 heteroatoms. The summed E-state index contributed by atoms with van der Waals surface area (Å²) in [6, 6.07) is 19.7. The van der Waals surface area contributed by atoms with E-state index in [0.717, 1.165) is 12.0 Å². The van der Waals surface area contributed by atoms with Crippen LogP contribution in [-0.4, -0.2) is 19.0 Å². The highest BCUT2D eigenvalue weighted by atomic mass is 19.1. The van der Waals surface area contributed by atoms with Gasteiger partial charge in [0.25, 0.3) is 5.91 Å². The van der Waals surface area contributed by atoms with E-state index >= 15 is 0 Å². The standard InChI is InChI=1S/C24H22FNO3/c1-3-16-7-9-17(10-8-16)22(20-5-4-6-21(25)15-20)26-23(27)18-11-13-19(14-12-18)24(28)29-2/h4-15,22H,3H2,1-2H3,(H,26,27)/t22-/m0/s1. The molecule has 3 aromatic rings. The third kappa shape index (κ3) is 4.88. The normalized spacial score (nSPS) is 11.6. The number of benzene rings is 3. The number of esters is 1. The number of rotatable bonds is 6. The van der Waals surface area contributed by atoms with Gasteiger partial charge in [-0.25, -0.2) is 9.18 Å². The topological polar surface area (TPSA) is 55.4 Å². The van der Waals surface area contributed by atoms with Crippen LogP contribution in [0.4, 0.5) is 4.39 Å². The summed E-state index contributed by atoms with van der Waals surface area (Å²) in [5.74, 6) is -1.16. The average molecular weight is 391 g/mol. The van der Waals surface area contributed by atoms with Crippen molar-refractivity contribution in [1.29, 1.82) is 0 Å². The summed E-state index contributed by atoms with van der Waals surface area (Å²) in [7, 11) is 1.30. The fourth-order valence-electron chi connectivity index (χ4n) is 3.08. The molecule has 3 rings (SSSR count). The number of halogens is 1. The first-order chi connectivity index (χ1) is 14.0. The fourth-order valence-corrected chi connectivity index (χ4v) is 3.08. The van der Waals surface area contributed by atoms with Gasteiger partial charge in [-0.05, 0) is 59.5 Å². The molecular weight excluding hydrogens is 369 g/mol. The van der Waals surface area contributed by atoms with Crippen molar-refractivity contribution in [3.63, 3.8) is 0 Å². The summed E-state index contributed by atoms with van der Waals surface area (Å²) < 4.78 is 18.5. The van der Waals surface area contributed by atoms with Crippen LogP contribution in [0.5, 0.6) is 0 Å². The van der Waals surface area contributed by atoms with Crippen molar-refractivity contribution in [2.75, 3.05) is 7.11 Å². The summed E-state index contributed by atoms with van der Waals surface area (Å²) >= 11 is 0. The van der Waals surface area contributed by atoms with Crippen LogP contribution in [0.1, 0.15) is 50.4 Å². The SMILES string of the molecule is CCc1ccc([C@H](NC(=O)c2ccc(C(=O)OC)cc2)c2cccc(F)c2)cc1. The Morgan fingerprint density at radius 1 is 0.931 bits per heavy atom. The van der Waals surface area contributed by atoms with Gasteiger partial charge in [0.15, 0.2) is 0 Å². The Labute approximate surface area is 169 Å². The van der Waals surface area contributed by atoms with E-state index in [1.54, 1.807) is 24.3 Å². The Hall–Kier alpha value is -3.47. The molecule has 1 amide bonds. The molecule has 0 radical (unpaired) electrons. The maximum atomic E-state index is 13.8. The van der Waals surface area contributed by atoms with Gasteiger partial charge in [0, 0.05) is 5.56 Å². The average Bonchev–Trinajstić information content (AvgIpc) is 2.77. The smallest absolute Gasteiger partial charge is 0.337 e. The molecule has 0 saturated heterocycles. The number of nitrogens with one attached hydrogen (secondary N) is 1. The summed E-state index contributed by atoms with van der Waals surface area (Å²) in [6.45, 7) is 2.07. The zero-order valence-corrected chi connectivity index (χ0v) is 16.3. The van der Waals surface area contributed by atoms with Crippen molar-refractivity contribution in [3.05, 3.63) is 106 Å². The molecule has 0 bridgehead atoms. The van der Waals surface area contributed by atoms with Crippen LogP contribution in [0.3, 0.4) is 0 Å². The van der Waals surface area contributed by atoms with Crippen molar-refractivity contribution in [2.24, 2.45) is 0 Å². The first kappa shape index (κ1) is 20.3. The molecule has 0 fully saturated rings. The van der Waals surface area contributed by atoms with Crippen molar-refractivity contribution in [3.8, 4) is 0 Å². The third-order valence-electron chi connectivity index (χ3n) is 4.75. The number of amides is 1. The number of methoxy groups -OCH3 is 1. The Morgan fingerprint density at radius 3 is 2.17 bits per heavy atom. The van der Waals surface area contributed by atoms with Gasteiger partial charge < -0.3 is 10.1 Å². The molecule has 3 aromatic carbocycles. The van der Waals surface area contributed by atoms with Crippen LogP contribution in [0.25, 0.3) is 0 Å². The number of aryl methyl sites for hydroxylation is 1. The minimum absolute atomic E-state index is 0.324. The molecule has 29 heavy (non-hydrogen) atoms. The summed E-state index contributed by atoms with van der Waals surface area (Å²) in [5.41, 5.74) is 3.43. The van der Waals surface area contributed by atoms with Crippen molar-refractivity contribution in [2.45, 2.75) is 19.4 Å². The number of hydrogen-bond acceptors (Lipinski definition) is 3. The van der Waals surface area contributed by atoms with Gasteiger partial charge >= 0.3 is 5.97 Å². The molecule has 1 atom stereocenters. The second kappa shape index (κ2) is 9.15. The van der Waals surface area contributed by atoms with Crippen LogP contribution in [-0.2, 0) is 11.2 Å². The van der Waals surface area contributed by atoms with Gasteiger partial charge in [0.2, 0.25) is 0 Å². The molecule has 0 spiro atoms. The van der Waals surface area contributed by atoms with Gasteiger partial charge in [-0.2, -0.15) is 0 Å². The van der Waals surface area contributed by atoms with Gasteiger partial charge in [-0.15, -0.1) is 0 Å². The monoisotopic (exact) mass is 391 g/mol. The second-order valence-electron chi connectivity index (χ2n) is 6.63. The Balaban J connectivity index is 1.89. The van der Waals surface area contributed by atoms with Crippen LogP contribution in [0, 0.1) is 5.82 Å². The van der Waals surface area contributed by atoms with Crippen molar-refractivity contribution < 1.29 is 18.7 Å². The van der Waals surface area contributed by atoms with E-state index in [-0.39, 0.29) is 11.7 Å². The molecule has 0 aromatic heterocycles. The Morgan fingerprint density at radius 2 is 1.59 bits per heavy atom. The maximum Gasteiger partial charge on any atom is 0.337 e. The lowest BCUT2D eigenvalue weighted by Gasteiger charge is -2.20. The van der Waals surface area contributed by atoms with E-state index in [2.05, 4.69) is 17.0 Å². The van der Waals surface area contributed by atoms with Gasteiger partial charge in [0.1, 0.15) is 5.82 Å². The highest BCUT2D eigenvalue weighted by molar-refractivity contribution is 5.96. The van der Waals surface area contributed by atoms with E-state index in [9.17, 15) is 14.0 Å². The molecule has 0 aliphatic rings. The van der Waals surface area contributed by atoms with E-state index in [0.29, 0.717) is 16.7 Å². The molecule has 4 nitrogen and oxygen atoms in total. The summed E-state index contributed by atoms with van der Waals surface area (Å²) in [5, 5.41) is 2.97. The highest BCUT2D eigenvalue weighted by Crippen LogP contribution is 2.24. The minimum atomic E-state index is -0.510. The Bertz CT molecular complexity index is 997. The molecule has 0 unspecified atom stereocenters. The second-order valence-corrected chi connectivity index (χ2v) is 6.63. The van der Waals surface area contributed by atoms with Crippen LogP contribution in [0.15, 0.2) is 72.8 Å². The third-order valence-corrected chi connectivity index (χ3v) is 4.75. The first-order valence-corrected chi connectivity index (χ1v) is 9.35. The lowest BCUT2D eigenvalue weighted by Crippen LogP contribution is -2.29. The minimum Gasteiger partial charge on any atom is -0.465 e. The zero-order chi connectivity index (χ0) is 20.8. The van der Waals surface area contributed by atoms with Gasteiger partial charge in [-0.3, -0.25) is 4.79 Å². The first-order valence-electron chi connectivity index (χ1n) is 9.35. The van der Waals surface area contributed by atoms with Gasteiger partial charge in [-0.1, -0.05) is 43.3 Å². The summed E-state index contributed by atoms with van der Waals surface area (Å²) in [6.07, 6.45) is 0.907. The number of hydrogen-bond donors (Lipinski definition) is 1. The lowest BCUT2D eigenvalue weighted by molar-refractivity contribution is 0.0600. The van der Waals surface area contributed by atoms with Crippen molar-refractivity contribution in [1.82, 2.24) is 5.32 Å². The van der Waals surface area contributed by atoms with Crippen LogP contribution < -0.4 is 5.32 Å². The molecular formula is C24H22FNO3. The largest absolute Gasteiger partial charge is 0.465 e. The zero-order valence-electron chi connectivity index (χ0n) is 16.3. The summed E-state index contributed by atoms with van der Waals surface area (Å²) in [4.78, 5) is 24.4. The lowest BCUT2D eigenvalue weighted by atomic mass is 9.96. The number of carbonyl (C=O) groups is 2. The highest BCUT2D eigenvalue weighted by Gasteiger charge is 2.19. The quantitative estimate of drug-likeness (QED) is 0.620. The molecule has 0 aliphatic heterocycles. The van der Waals surface area contributed by atoms with Gasteiger partial charge in [0.05, 0.1) is 18.7 Å². The fraction of sp³-hybridized carbons (Fsp3) is 0.167. The van der Waals surface area contributed by atoms with E-state index in [1.807, 2.05) is 24.3 Å². The maximum absolute atomic E-state index is 13.8. The van der Waals surface area contributed by atoms with E-state index < -0.39 is 12.0 Å². The van der Waals surface area contributed by atoms with E-state index in [4.69, 9.17) is 0 Å². The molecule has 148 valence electrons. The molecule has 1 N–H and O–H groups in total. The predicted molar refractivity (Wildman–Crippen MR) is 109 cm³/mol. The van der Waals surface area contributed by atoms with Crippen molar-refractivity contribution >= 4 is 11.9 Å². The predicted octanol–water partition coefficient (Wildman–Crippen LogP) is 4.69. The number of carbonyl (C=O) groups excluding carboxylic acids is 2. The molecule has 0 heterocycles. The van der Waals surface area contributed by atoms with Crippen LogP contribution >= 0.6 is 0 Å². The number of ether oxygens (including phenoxy) is 1. The molecule has 0 aliphatic carbocycles. The Kier molecular flexibility index (Phi) is 6.39. The van der Waals surface area contributed by atoms with E-state index in [1.165, 1.54) is 36.9 Å². The van der Waals surface area contributed by atoms with Crippen LogP contribution in [0.2, 0.25) is 0 Å².